The summed E-state index contributed by atoms with van der Waals surface area (Å²) in [5, 5.41) is 2.79. The number of anilines is 1. The molecule has 0 saturated carbocycles. The molecule has 0 aromatic heterocycles. The van der Waals surface area contributed by atoms with Gasteiger partial charge in [0.25, 0.3) is 0 Å². The van der Waals surface area contributed by atoms with Gasteiger partial charge in [0.15, 0.2) is 9.84 Å². The molecule has 0 unspecified atom stereocenters. The maximum Gasteiger partial charge on any atom is 0.225 e. The van der Waals surface area contributed by atoms with Crippen molar-refractivity contribution < 1.29 is 17.9 Å². The number of ether oxygens (including phenoxy) is 1. The normalized spacial score (nSPS) is 11.4. The number of sulfone groups is 1. The second-order valence-corrected chi connectivity index (χ2v) is 8.37. The quantitative estimate of drug-likeness (QED) is 0.761. The third-order valence-corrected chi connectivity index (χ3v) is 5.56. The van der Waals surface area contributed by atoms with Crippen molar-refractivity contribution in [3.63, 3.8) is 0 Å². The fourth-order valence-corrected chi connectivity index (χ4v) is 3.75. The minimum absolute atomic E-state index is 0.0205. The number of nitrogens with one attached hydrogen (secondary N) is 1. The molecule has 0 heterocycles. The molecule has 2 aromatic carbocycles. The van der Waals surface area contributed by atoms with Crippen LogP contribution in [-0.2, 0) is 21.1 Å². The Bertz CT molecular complexity index is 842. The molecule has 0 radical (unpaired) electrons. The van der Waals surface area contributed by atoms with Gasteiger partial charge in [0.2, 0.25) is 5.91 Å². The Kier molecular flexibility index (Phi) is 6.80. The summed E-state index contributed by atoms with van der Waals surface area (Å²) < 4.78 is 30.4. The molecular formula is C20H25NO4S. The molecule has 2 aromatic rings. The highest BCUT2D eigenvalue weighted by Crippen LogP contribution is 2.19. The summed E-state index contributed by atoms with van der Waals surface area (Å²) in [6, 6.07) is 13.8. The van der Waals surface area contributed by atoms with E-state index in [0.29, 0.717) is 5.75 Å². The molecule has 0 atom stereocenters. The zero-order chi connectivity index (χ0) is 19.2. The second-order valence-electron chi connectivity index (χ2n) is 6.27. The molecule has 0 fully saturated rings. The van der Waals surface area contributed by atoms with Gasteiger partial charge in [0.1, 0.15) is 5.75 Å². The van der Waals surface area contributed by atoms with Crippen molar-refractivity contribution in [2.24, 2.45) is 0 Å². The van der Waals surface area contributed by atoms with Crippen molar-refractivity contribution in [3.8, 4) is 5.75 Å². The number of amides is 1. The molecule has 0 spiro atoms. The van der Waals surface area contributed by atoms with E-state index in [1.165, 1.54) is 12.1 Å². The van der Waals surface area contributed by atoms with Crippen LogP contribution in [0, 0.1) is 0 Å². The molecule has 6 heteroatoms. The number of carbonyl (C=O) groups is 1. The number of hydrogen-bond acceptors (Lipinski definition) is 4. The van der Waals surface area contributed by atoms with Crippen LogP contribution in [0.3, 0.4) is 0 Å². The van der Waals surface area contributed by atoms with Gasteiger partial charge in [-0.15, -0.1) is 0 Å². The largest absolute Gasteiger partial charge is 0.491 e. The van der Waals surface area contributed by atoms with Crippen molar-refractivity contribution in [2.45, 2.75) is 44.6 Å². The Hall–Kier alpha value is -2.34. The molecule has 0 aliphatic rings. The second kappa shape index (κ2) is 8.85. The summed E-state index contributed by atoms with van der Waals surface area (Å²) in [6.45, 7) is 5.81. The van der Waals surface area contributed by atoms with Crippen LogP contribution in [0.4, 0.5) is 5.69 Å². The monoisotopic (exact) mass is 375 g/mol. The van der Waals surface area contributed by atoms with E-state index in [-0.39, 0.29) is 29.1 Å². The Morgan fingerprint density at radius 2 is 1.73 bits per heavy atom. The summed E-state index contributed by atoms with van der Waals surface area (Å²) in [5.74, 6) is 0.0689. The maximum atomic E-state index is 12.4. The van der Waals surface area contributed by atoms with E-state index in [9.17, 15) is 13.2 Å². The smallest absolute Gasteiger partial charge is 0.225 e. The van der Waals surface area contributed by atoms with Crippen molar-refractivity contribution in [3.05, 3.63) is 54.1 Å². The average Bonchev–Trinajstić information content (AvgIpc) is 2.60. The molecule has 5 nitrogen and oxygen atoms in total. The van der Waals surface area contributed by atoms with Crippen LogP contribution >= 0.6 is 0 Å². The number of benzene rings is 2. The van der Waals surface area contributed by atoms with Crippen LogP contribution in [0.5, 0.6) is 5.75 Å². The lowest BCUT2D eigenvalue weighted by Gasteiger charge is -2.11. The number of carbonyl (C=O) groups excluding carboxylic acids is 1. The van der Waals surface area contributed by atoms with Gasteiger partial charge in [-0.1, -0.05) is 25.1 Å². The molecule has 1 N–H and O–H groups in total. The first kappa shape index (κ1) is 20.0. The Labute approximate surface area is 155 Å². The highest BCUT2D eigenvalue weighted by Gasteiger charge is 2.17. The van der Waals surface area contributed by atoms with E-state index >= 15 is 0 Å². The van der Waals surface area contributed by atoms with Crippen LogP contribution < -0.4 is 10.1 Å². The molecule has 0 saturated heterocycles. The number of hydrogen-bond donors (Lipinski definition) is 1. The number of para-hydroxylation sites is 1. The first-order valence-corrected chi connectivity index (χ1v) is 10.3. The van der Waals surface area contributed by atoms with Gasteiger partial charge < -0.3 is 10.1 Å². The Balaban J connectivity index is 1.97. The van der Waals surface area contributed by atoms with Crippen LogP contribution in [0.1, 0.15) is 32.8 Å². The van der Waals surface area contributed by atoms with Gasteiger partial charge in [0, 0.05) is 12.1 Å². The standard InChI is InChI=1S/C20H25NO4S/c1-4-16-7-5-6-8-19(16)21-20(22)13-14-26(23,24)18-11-9-17(10-12-18)25-15(2)3/h5-12,15H,4,13-14H2,1-3H3,(H,21,22). The lowest BCUT2D eigenvalue weighted by Crippen LogP contribution is -2.18. The van der Waals surface area contributed by atoms with Crippen molar-refractivity contribution in [1.82, 2.24) is 0 Å². The number of aryl methyl sites for hydroxylation is 1. The van der Waals surface area contributed by atoms with E-state index in [1.54, 1.807) is 12.1 Å². The van der Waals surface area contributed by atoms with Crippen molar-refractivity contribution >= 4 is 21.4 Å². The van der Waals surface area contributed by atoms with Crippen LogP contribution in [0.2, 0.25) is 0 Å². The molecule has 0 aliphatic carbocycles. The summed E-state index contributed by atoms with van der Waals surface area (Å²) >= 11 is 0. The van der Waals surface area contributed by atoms with E-state index < -0.39 is 9.84 Å². The van der Waals surface area contributed by atoms with Gasteiger partial charge in [-0.05, 0) is 56.2 Å². The zero-order valence-corrected chi connectivity index (χ0v) is 16.2. The van der Waals surface area contributed by atoms with Crippen molar-refractivity contribution in [2.75, 3.05) is 11.1 Å². The minimum atomic E-state index is -3.52. The fraction of sp³-hybridized carbons (Fsp3) is 0.350. The van der Waals surface area contributed by atoms with E-state index in [4.69, 9.17) is 4.74 Å². The van der Waals surface area contributed by atoms with E-state index in [1.807, 2.05) is 45.0 Å². The Morgan fingerprint density at radius 3 is 2.35 bits per heavy atom. The molecule has 0 aliphatic heterocycles. The van der Waals surface area contributed by atoms with Crippen LogP contribution in [0.25, 0.3) is 0 Å². The van der Waals surface area contributed by atoms with Gasteiger partial charge in [-0.3, -0.25) is 4.79 Å². The third-order valence-electron chi connectivity index (χ3n) is 3.82. The van der Waals surface area contributed by atoms with Gasteiger partial charge in [0.05, 0.1) is 16.8 Å². The highest BCUT2D eigenvalue weighted by atomic mass is 32.2. The topological polar surface area (TPSA) is 72.5 Å². The average molecular weight is 375 g/mol. The first-order chi connectivity index (χ1) is 12.3. The molecular weight excluding hydrogens is 350 g/mol. The van der Waals surface area contributed by atoms with Gasteiger partial charge in [-0.25, -0.2) is 8.42 Å². The summed E-state index contributed by atoms with van der Waals surface area (Å²) in [6.07, 6.45) is 0.719. The molecule has 1 amide bonds. The highest BCUT2D eigenvalue weighted by molar-refractivity contribution is 7.91. The SMILES string of the molecule is CCc1ccccc1NC(=O)CCS(=O)(=O)c1ccc(OC(C)C)cc1. The van der Waals surface area contributed by atoms with Crippen molar-refractivity contribution in [1.29, 1.82) is 0 Å². The maximum absolute atomic E-state index is 12.4. The fourth-order valence-electron chi connectivity index (χ4n) is 2.51. The lowest BCUT2D eigenvalue weighted by molar-refractivity contribution is -0.115. The molecule has 0 bridgehead atoms. The first-order valence-electron chi connectivity index (χ1n) is 8.69. The Morgan fingerprint density at radius 1 is 1.08 bits per heavy atom. The van der Waals surface area contributed by atoms with Gasteiger partial charge >= 0.3 is 0 Å². The van der Waals surface area contributed by atoms with Gasteiger partial charge in [-0.2, -0.15) is 0 Å². The third kappa shape index (κ3) is 5.59. The van der Waals surface area contributed by atoms with E-state index in [0.717, 1.165) is 17.7 Å². The number of rotatable bonds is 8. The summed E-state index contributed by atoms with van der Waals surface area (Å²) in [4.78, 5) is 12.3. The lowest BCUT2D eigenvalue weighted by atomic mass is 10.1. The van der Waals surface area contributed by atoms with Crippen LogP contribution in [-0.4, -0.2) is 26.2 Å². The summed E-state index contributed by atoms with van der Waals surface area (Å²) in [5.41, 5.74) is 1.75. The molecule has 140 valence electrons. The predicted molar refractivity (Wildman–Crippen MR) is 103 cm³/mol. The minimum Gasteiger partial charge on any atom is -0.491 e. The zero-order valence-electron chi connectivity index (χ0n) is 15.4. The summed E-state index contributed by atoms with van der Waals surface area (Å²) in [7, 11) is -3.52. The van der Waals surface area contributed by atoms with E-state index in [2.05, 4.69) is 5.32 Å². The predicted octanol–water partition coefficient (Wildman–Crippen LogP) is 3.84. The van der Waals surface area contributed by atoms with Crippen LogP contribution in [0.15, 0.2) is 53.4 Å². The molecule has 26 heavy (non-hydrogen) atoms. The molecule has 2 rings (SSSR count).